The van der Waals surface area contributed by atoms with E-state index in [1.165, 1.54) is 50.8 Å². The van der Waals surface area contributed by atoms with E-state index in [0.717, 1.165) is 50.2 Å². The van der Waals surface area contributed by atoms with Gasteiger partial charge in [0.2, 0.25) is 0 Å². The summed E-state index contributed by atoms with van der Waals surface area (Å²) in [6.07, 6.45) is 11.1. The van der Waals surface area contributed by atoms with E-state index in [2.05, 4.69) is 44.2 Å². The van der Waals surface area contributed by atoms with Crippen molar-refractivity contribution in [3.05, 3.63) is 11.6 Å². The summed E-state index contributed by atoms with van der Waals surface area (Å²) >= 11 is 0. The lowest BCUT2D eigenvalue weighted by atomic mass is 9.64. The highest BCUT2D eigenvalue weighted by Crippen LogP contribution is 2.45. The van der Waals surface area contributed by atoms with Crippen LogP contribution in [0.3, 0.4) is 0 Å². The van der Waals surface area contributed by atoms with Crippen LogP contribution in [0, 0.1) is 11.3 Å². The number of nitrogens with one attached hydrogen (secondary N) is 2. The summed E-state index contributed by atoms with van der Waals surface area (Å²) in [6.45, 7) is 7.60. The van der Waals surface area contributed by atoms with E-state index in [4.69, 9.17) is 0 Å². The number of hydrogen-bond acceptors (Lipinski definition) is 3. The lowest BCUT2D eigenvalue weighted by Crippen LogP contribution is -2.47. The van der Waals surface area contributed by atoms with Crippen LogP contribution in [0.5, 0.6) is 0 Å². The van der Waals surface area contributed by atoms with Gasteiger partial charge in [-0.05, 0) is 43.4 Å². The molecule has 1 fully saturated rings. The quantitative estimate of drug-likeness (QED) is 0.350. The molecule has 0 unspecified atom stereocenters. The Kier molecular flexibility index (Phi) is 8.82. The molecule has 27 heavy (non-hydrogen) atoms. The van der Waals surface area contributed by atoms with Crippen LogP contribution in [0.15, 0.2) is 4.99 Å². The Hall–Kier alpha value is -0.860. The highest BCUT2D eigenvalue weighted by Gasteiger charge is 2.37. The van der Waals surface area contributed by atoms with Crippen LogP contribution < -0.4 is 10.6 Å². The summed E-state index contributed by atoms with van der Waals surface area (Å²) in [7, 11) is 1.86. The Bertz CT molecular complexity index is 606. The van der Waals surface area contributed by atoms with Gasteiger partial charge in [-0.3, -0.25) is 4.99 Å². The number of halogens is 1. The topological polar surface area (TPSA) is 67.1 Å². The van der Waals surface area contributed by atoms with E-state index >= 15 is 0 Å². The summed E-state index contributed by atoms with van der Waals surface area (Å²) in [5.74, 6) is 3.95. The average molecular weight is 488 g/mol. The molecule has 0 atom stereocenters. The van der Waals surface area contributed by atoms with Gasteiger partial charge in [-0.15, -0.1) is 34.2 Å². The second-order valence-corrected chi connectivity index (χ2v) is 8.55. The van der Waals surface area contributed by atoms with Crippen molar-refractivity contribution in [2.45, 2.75) is 78.2 Å². The Morgan fingerprint density at radius 1 is 1.15 bits per heavy atom. The number of guanidine groups is 1. The van der Waals surface area contributed by atoms with Crippen LogP contribution in [-0.4, -0.2) is 40.9 Å². The van der Waals surface area contributed by atoms with E-state index in [-0.39, 0.29) is 24.0 Å². The molecule has 7 heteroatoms. The minimum absolute atomic E-state index is 0. The first-order valence-corrected chi connectivity index (χ1v) is 10.5. The van der Waals surface area contributed by atoms with Crippen molar-refractivity contribution >= 4 is 29.9 Å². The molecule has 0 spiro atoms. The van der Waals surface area contributed by atoms with Crippen molar-refractivity contribution in [3.8, 4) is 0 Å². The molecule has 1 aliphatic carbocycles. The minimum Gasteiger partial charge on any atom is -0.356 e. The van der Waals surface area contributed by atoms with E-state index < -0.39 is 0 Å². The van der Waals surface area contributed by atoms with Crippen molar-refractivity contribution in [1.82, 2.24) is 25.4 Å². The Morgan fingerprint density at radius 3 is 2.63 bits per heavy atom. The maximum absolute atomic E-state index is 4.42. The first-order chi connectivity index (χ1) is 12.6. The lowest BCUT2D eigenvalue weighted by Gasteiger charge is -2.43. The van der Waals surface area contributed by atoms with Crippen LogP contribution in [-0.2, 0) is 19.4 Å². The number of hydrogen-bond donors (Lipinski definition) is 2. The molecule has 0 radical (unpaired) electrons. The monoisotopic (exact) mass is 488 g/mol. The molecule has 154 valence electrons. The van der Waals surface area contributed by atoms with Gasteiger partial charge in [0, 0.05) is 39.5 Å². The van der Waals surface area contributed by atoms with Crippen LogP contribution in [0.2, 0.25) is 0 Å². The van der Waals surface area contributed by atoms with Gasteiger partial charge in [-0.2, -0.15) is 0 Å². The number of nitrogens with zero attached hydrogens (tertiary/aromatic N) is 4. The van der Waals surface area contributed by atoms with Gasteiger partial charge in [-0.1, -0.05) is 26.7 Å². The van der Waals surface area contributed by atoms with E-state index in [1.807, 2.05) is 7.05 Å². The molecule has 0 amide bonds. The fourth-order valence-electron chi connectivity index (χ4n) is 4.51. The molecule has 2 aliphatic rings. The third kappa shape index (κ3) is 6.06. The third-order valence-electron chi connectivity index (χ3n) is 5.94. The zero-order valence-corrected chi connectivity index (χ0v) is 19.6. The highest BCUT2D eigenvalue weighted by molar-refractivity contribution is 14.0. The smallest absolute Gasteiger partial charge is 0.191 e. The van der Waals surface area contributed by atoms with Gasteiger partial charge in [-0.25, -0.2) is 0 Å². The fraction of sp³-hybridized carbons (Fsp3) is 0.850. The van der Waals surface area contributed by atoms with Crippen LogP contribution in [0.1, 0.15) is 70.4 Å². The second-order valence-electron chi connectivity index (χ2n) is 8.55. The molecule has 3 rings (SSSR count). The summed E-state index contributed by atoms with van der Waals surface area (Å²) in [6, 6.07) is 0. The normalized spacial score (nSPS) is 18.9. The van der Waals surface area contributed by atoms with Crippen LogP contribution >= 0.6 is 24.0 Å². The molecule has 1 aromatic heterocycles. The molecule has 2 N–H and O–H groups in total. The predicted molar refractivity (Wildman–Crippen MR) is 122 cm³/mol. The summed E-state index contributed by atoms with van der Waals surface area (Å²) < 4.78 is 2.33. The molecule has 2 heterocycles. The first kappa shape index (κ1) is 22.4. The van der Waals surface area contributed by atoms with Crippen LogP contribution in [0.4, 0.5) is 0 Å². The maximum atomic E-state index is 4.42. The number of aromatic nitrogens is 3. The van der Waals surface area contributed by atoms with Gasteiger partial charge in [0.15, 0.2) is 5.96 Å². The molecule has 1 saturated carbocycles. The van der Waals surface area contributed by atoms with Gasteiger partial charge in [0.25, 0.3) is 0 Å². The fourth-order valence-corrected chi connectivity index (χ4v) is 4.51. The molecule has 0 saturated heterocycles. The minimum atomic E-state index is 0. The van der Waals surface area contributed by atoms with Crippen molar-refractivity contribution in [2.24, 2.45) is 16.3 Å². The summed E-state index contributed by atoms with van der Waals surface area (Å²) in [5.41, 5.74) is 0.482. The van der Waals surface area contributed by atoms with Crippen molar-refractivity contribution in [2.75, 3.05) is 20.1 Å². The number of fused-ring (bicyclic) bond motifs is 1. The zero-order valence-electron chi connectivity index (χ0n) is 17.3. The Morgan fingerprint density at radius 2 is 1.96 bits per heavy atom. The molecule has 6 nitrogen and oxygen atoms in total. The number of rotatable bonds is 7. The molecule has 1 aliphatic heterocycles. The summed E-state index contributed by atoms with van der Waals surface area (Å²) in [5, 5.41) is 15.8. The van der Waals surface area contributed by atoms with Crippen LogP contribution in [0.25, 0.3) is 0 Å². The molecule has 0 bridgehead atoms. The number of aryl methyl sites for hydroxylation is 1. The predicted octanol–water partition coefficient (Wildman–Crippen LogP) is 3.55. The van der Waals surface area contributed by atoms with Gasteiger partial charge >= 0.3 is 0 Å². The number of aliphatic imine (C=N–C) groups is 1. The lowest BCUT2D eigenvalue weighted by molar-refractivity contribution is 0.104. The molecular weight excluding hydrogens is 451 g/mol. The Labute approximate surface area is 181 Å². The van der Waals surface area contributed by atoms with Crippen molar-refractivity contribution in [3.63, 3.8) is 0 Å². The molecule has 0 aromatic carbocycles. The van der Waals surface area contributed by atoms with E-state index in [0.29, 0.717) is 5.41 Å². The average Bonchev–Trinajstić information content (AvgIpc) is 2.81. The molecular formula is C20H37IN6. The maximum Gasteiger partial charge on any atom is 0.191 e. The van der Waals surface area contributed by atoms with Gasteiger partial charge < -0.3 is 15.2 Å². The highest BCUT2D eigenvalue weighted by atomic mass is 127. The zero-order chi connectivity index (χ0) is 18.4. The Balaban J connectivity index is 0.00000261. The molecule has 1 aromatic rings. The second kappa shape index (κ2) is 10.6. The van der Waals surface area contributed by atoms with Gasteiger partial charge in [0.05, 0.1) is 0 Å². The van der Waals surface area contributed by atoms with Gasteiger partial charge in [0.1, 0.15) is 11.6 Å². The SMILES string of the molecule is CN=C(NCCc1nnc2n1CCCCC2)NCC1(CC(C)C)CCC1.I. The first-order valence-electron chi connectivity index (χ1n) is 10.5. The van der Waals surface area contributed by atoms with Crippen molar-refractivity contribution < 1.29 is 0 Å². The van der Waals surface area contributed by atoms with E-state index in [9.17, 15) is 0 Å². The van der Waals surface area contributed by atoms with E-state index in [1.54, 1.807) is 0 Å². The van der Waals surface area contributed by atoms with Crippen molar-refractivity contribution in [1.29, 1.82) is 0 Å². The summed E-state index contributed by atoms with van der Waals surface area (Å²) in [4.78, 5) is 4.40. The third-order valence-corrected chi connectivity index (χ3v) is 5.94. The standard InChI is InChI=1S/C20H36N6.HI/c1-16(2)14-20(10-7-11-20)15-23-19(21-3)22-12-9-18-25-24-17-8-5-4-6-13-26(17)18;/h16H,4-15H2,1-3H3,(H2,21,22,23);1H. The largest absolute Gasteiger partial charge is 0.356 e.